The molecule has 1 N–H and O–H groups in total. The van der Waals surface area contributed by atoms with Gasteiger partial charge in [-0.2, -0.15) is 0 Å². The summed E-state index contributed by atoms with van der Waals surface area (Å²) in [6, 6.07) is 7.15. The molecule has 1 rings (SSSR count). The predicted molar refractivity (Wildman–Crippen MR) is 68.9 cm³/mol. The average molecular weight is 236 g/mol. The van der Waals surface area contributed by atoms with Crippen LogP contribution in [0.2, 0.25) is 0 Å². The number of nitro groups is 1. The Morgan fingerprint density at radius 3 is 2.35 bits per heavy atom. The summed E-state index contributed by atoms with van der Waals surface area (Å²) >= 11 is 0. The lowest BCUT2D eigenvalue weighted by Crippen LogP contribution is -2.31. The highest BCUT2D eigenvalue weighted by Crippen LogP contribution is 2.13. The van der Waals surface area contributed by atoms with E-state index < -0.39 is 0 Å². The third kappa shape index (κ3) is 4.15. The largest absolute Gasteiger partial charge is 0.310 e. The van der Waals surface area contributed by atoms with Crippen LogP contribution in [0.15, 0.2) is 24.3 Å². The lowest BCUT2D eigenvalue weighted by Gasteiger charge is -2.19. The number of nitrogens with zero attached hydrogens (tertiary/aromatic N) is 1. The summed E-state index contributed by atoms with van der Waals surface area (Å²) in [5.41, 5.74) is 1.22. The summed E-state index contributed by atoms with van der Waals surface area (Å²) in [6.45, 7) is 7.31. The summed E-state index contributed by atoms with van der Waals surface area (Å²) < 4.78 is 0. The Morgan fingerprint density at radius 2 is 1.88 bits per heavy atom. The molecule has 0 saturated heterocycles. The number of benzene rings is 1. The first-order chi connectivity index (χ1) is 8.04. The highest BCUT2D eigenvalue weighted by Gasteiger charge is 2.09. The van der Waals surface area contributed by atoms with Crippen molar-refractivity contribution in [2.45, 2.75) is 39.8 Å². The van der Waals surface area contributed by atoms with E-state index in [4.69, 9.17) is 0 Å². The van der Waals surface area contributed by atoms with Crippen molar-refractivity contribution in [2.75, 3.05) is 0 Å². The highest BCUT2D eigenvalue weighted by atomic mass is 16.6. The van der Waals surface area contributed by atoms with Crippen molar-refractivity contribution in [3.05, 3.63) is 39.9 Å². The minimum absolute atomic E-state index is 0.142. The Hall–Kier alpha value is -1.42. The summed E-state index contributed by atoms with van der Waals surface area (Å²) in [5.74, 6) is 0.632. The van der Waals surface area contributed by atoms with Crippen LogP contribution in [0.4, 0.5) is 5.69 Å². The molecule has 94 valence electrons. The van der Waals surface area contributed by atoms with Gasteiger partial charge in [-0.3, -0.25) is 10.1 Å². The van der Waals surface area contributed by atoms with Crippen LogP contribution in [0.5, 0.6) is 0 Å². The molecular weight excluding hydrogens is 216 g/mol. The molecule has 0 spiro atoms. The van der Waals surface area contributed by atoms with Gasteiger partial charge in [0.15, 0.2) is 0 Å². The van der Waals surface area contributed by atoms with Crippen LogP contribution < -0.4 is 5.32 Å². The Bertz CT molecular complexity index is 362. The molecule has 4 nitrogen and oxygen atoms in total. The lowest BCUT2D eigenvalue weighted by molar-refractivity contribution is -0.384. The van der Waals surface area contributed by atoms with Crippen LogP contribution in [-0.2, 0) is 6.54 Å². The zero-order valence-corrected chi connectivity index (χ0v) is 10.6. The number of rotatable bonds is 6. The SMILES string of the molecule is CCC(C)C(C)NCc1ccc([N+](=O)[O-])cc1. The van der Waals surface area contributed by atoms with Gasteiger partial charge in [-0.1, -0.05) is 32.4 Å². The standard InChI is InChI=1S/C13H20N2O2/c1-4-10(2)11(3)14-9-12-5-7-13(8-6-12)15(16)17/h5-8,10-11,14H,4,9H2,1-3H3. The van der Waals surface area contributed by atoms with Crippen molar-refractivity contribution < 1.29 is 4.92 Å². The molecule has 4 heteroatoms. The third-order valence-corrected chi connectivity index (χ3v) is 3.27. The zero-order valence-electron chi connectivity index (χ0n) is 10.6. The maximum Gasteiger partial charge on any atom is 0.269 e. The fourth-order valence-corrected chi connectivity index (χ4v) is 1.57. The second-order valence-corrected chi connectivity index (χ2v) is 4.48. The maximum absolute atomic E-state index is 10.5. The van der Waals surface area contributed by atoms with Gasteiger partial charge in [0.2, 0.25) is 0 Å². The van der Waals surface area contributed by atoms with E-state index in [1.54, 1.807) is 24.3 Å². The highest BCUT2D eigenvalue weighted by molar-refractivity contribution is 5.32. The van der Waals surface area contributed by atoms with E-state index in [0.717, 1.165) is 18.5 Å². The summed E-state index contributed by atoms with van der Waals surface area (Å²) in [7, 11) is 0. The van der Waals surface area contributed by atoms with Gasteiger partial charge in [0, 0.05) is 24.7 Å². The van der Waals surface area contributed by atoms with E-state index >= 15 is 0 Å². The van der Waals surface area contributed by atoms with Crippen molar-refractivity contribution in [3.63, 3.8) is 0 Å². The quantitative estimate of drug-likeness (QED) is 0.610. The van der Waals surface area contributed by atoms with Crippen molar-refractivity contribution in [3.8, 4) is 0 Å². The normalized spacial score (nSPS) is 14.3. The Balaban J connectivity index is 2.50. The molecule has 2 unspecified atom stereocenters. The molecule has 0 amide bonds. The van der Waals surface area contributed by atoms with Crippen LogP contribution >= 0.6 is 0 Å². The molecule has 0 aliphatic heterocycles. The van der Waals surface area contributed by atoms with Gasteiger partial charge in [-0.05, 0) is 18.4 Å². The van der Waals surface area contributed by atoms with Crippen LogP contribution in [0.25, 0.3) is 0 Å². The first kappa shape index (κ1) is 13.6. The topological polar surface area (TPSA) is 55.2 Å². The number of hydrogen-bond acceptors (Lipinski definition) is 3. The van der Waals surface area contributed by atoms with Gasteiger partial charge < -0.3 is 5.32 Å². The molecule has 0 fully saturated rings. The minimum atomic E-state index is -0.376. The number of nitro benzene ring substituents is 1. The predicted octanol–water partition coefficient (Wildman–Crippen LogP) is 3.12. The summed E-state index contributed by atoms with van der Waals surface area (Å²) in [4.78, 5) is 10.1. The molecule has 0 aliphatic carbocycles. The average Bonchev–Trinajstić information content (AvgIpc) is 2.35. The number of nitrogens with one attached hydrogen (secondary N) is 1. The Kier molecular flexibility index (Phi) is 5.10. The summed E-state index contributed by atoms with van der Waals surface area (Å²) in [6.07, 6.45) is 1.15. The molecule has 0 radical (unpaired) electrons. The van der Waals surface area contributed by atoms with Gasteiger partial charge in [0.1, 0.15) is 0 Å². The van der Waals surface area contributed by atoms with E-state index in [0.29, 0.717) is 12.0 Å². The second kappa shape index (κ2) is 6.35. The third-order valence-electron chi connectivity index (χ3n) is 3.27. The smallest absolute Gasteiger partial charge is 0.269 e. The van der Waals surface area contributed by atoms with Crippen molar-refractivity contribution in [2.24, 2.45) is 5.92 Å². The van der Waals surface area contributed by atoms with E-state index in [1.165, 1.54) is 0 Å². The van der Waals surface area contributed by atoms with Crippen molar-refractivity contribution in [1.29, 1.82) is 0 Å². The van der Waals surface area contributed by atoms with Crippen molar-refractivity contribution in [1.82, 2.24) is 5.32 Å². The van der Waals surface area contributed by atoms with Crippen LogP contribution in [0, 0.1) is 16.0 Å². The molecule has 17 heavy (non-hydrogen) atoms. The van der Waals surface area contributed by atoms with E-state index in [-0.39, 0.29) is 10.6 Å². The molecular formula is C13H20N2O2. The van der Waals surface area contributed by atoms with Crippen LogP contribution in [0.3, 0.4) is 0 Å². The first-order valence-electron chi connectivity index (χ1n) is 6.01. The number of hydrogen-bond donors (Lipinski definition) is 1. The fraction of sp³-hybridized carbons (Fsp3) is 0.538. The second-order valence-electron chi connectivity index (χ2n) is 4.48. The maximum atomic E-state index is 10.5. The Morgan fingerprint density at radius 1 is 1.29 bits per heavy atom. The fourth-order valence-electron chi connectivity index (χ4n) is 1.57. The van der Waals surface area contributed by atoms with Gasteiger partial charge in [0.25, 0.3) is 5.69 Å². The lowest BCUT2D eigenvalue weighted by atomic mass is 10.0. The molecule has 0 bridgehead atoms. The van der Waals surface area contributed by atoms with Crippen LogP contribution in [0.1, 0.15) is 32.8 Å². The van der Waals surface area contributed by atoms with E-state index in [9.17, 15) is 10.1 Å². The Labute approximate surface area is 102 Å². The monoisotopic (exact) mass is 236 g/mol. The van der Waals surface area contributed by atoms with Gasteiger partial charge in [0.05, 0.1) is 4.92 Å². The molecule has 0 aromatic heterocycles. The molecule has 1 aromatic rings. The zero-order chi connectivity index (χ0) is 12.8. The molecule has 0 aliphatic rings. The van der Waals surface area contributed by atoms with E-state index in [1.807, 2.05) is 0 Å². The minimum Gasteiger partial charge on any atom is -0.310 e. The van der Waals surface area contributed by atoms with Gasteiger partial charge >= 0.3 is 0 Å². The molecule has 0 heterocycles. The van der Waals surface area contributed by atoms with Crippen LogP contribution in [-0.4, -0.2) is 11.0 Å². The molecule has 2 atom stereocenters. The molecule has 1 aromatic carbocycles. The van der Waals surface area contributed by atoms with Gasteiger partial charge in [-0.25, -0.2) is 0 Å². The number of non-ortho nitro benzene ring substituents is 1. The first-order valence-corrected chi connectivity index (χ1v) is 6.01. The van der Waals surface area contributed by atoms with Crippen molar-refractivity contribution >= 4 is 5.69 Å². The van der Waals surface area contributed by atoms with Gasteiger partial charge in [-0.15, -0.1) is 0 Å². The van der Waals surface area contributed by atoms with E-state index in [2.05, 4.69) is 26.1 Å². The molecule has 0 saturated carbocycles. The summed E-state index contributed by atoms with van der Waals surface area (Å²) in [5, 5.41) is 13.9.